The Bertz CT molecular complexity index is 236. The molecular formula is C9H17N3O2. The smallest absolute Gasteiger partial charge is 0.321 e. The Balaban J connectivity index is 3.66. The van der Waals surface area contributed by atoms with Gasteiger partial charge in [-0.25, -0.2) is 4.79 Å². The van der Waals surface area contributed by atoms with Crippen LogP contribution in [0.4, 0.5) is 4.79 Å². The zero-order chi connectivity index (χ0) is 11.1. The minimum atomic E-state index is -0.486. The van der Waals surface area contributed by atoms with E-state index in [2.05, 4.69) is 17.2 Å². The second kappa shape index (κ2) is 6.15. The average Bonchev–Trinajstić information content (AvgIpc) is 2.02. The SMILES string of the molecule is C=C(C)C(=O)NC(=O)NCCN(C)C. The third-order valence-electron chi connectivity index (χ3n) is 1.46. The molecule has 0 fully saturated rings. The van der Waals surface area contributed by atoms with Gasteiger partial charge in [-0.05, 0) is 21.0 Å². The molecule has 0 aromatic heterocycles. The van der Waals surface area contributed by atoms with Gasteiger partial charge in [-0.3, -0.25) is 10.1 Å². The Hall–Kier alpha value is -1.36. The molecule has 2 N–H and O–H groups in total. The fourth-order valence-electron chi connectivity index (χ4n) is 0.647. The van der Waals surface area contributed by atoms with Crippen LogP contribution < -0.4 is 10.6 Å². The van der Waals surface area contributed by atoms with Crippen molar-refractivity contribution in [3.63, 3.8) is 0 Å². The summed E-state index contributed by atoms with van der Waals surface area (Å²) in [5, 5.41) is 4.69. The molecule has 0 radical (unpaired) electrons. The Kier molecular flexibility index (Phi) is 5.55. The number of likely N-dealkylation sites (N-methyl/N-ethyl adjacent to an activating group) is 1. The van der Waals surface area contributed by atoms with Crippen LogP contribution in [0.15, 0.2) is 12.2 Å². The summed E-state index contributed by atoms with van der Waals surface area (Å²) in [6.45, 7) is 6.19. The molecule has 0 aliphatic heterocycles. The van der Waals surface area contributed by atoms with E-state index in [-0.39, 0.29) is 0 Å². The lowest BCUT2D eigenvalue weighted by Gasteiger charge is -2.10. The van der Waals surface area contributed by atoms with Gasteiger partial charge in [-0.1, -0.05) is 6.58 Å². The number of hydrogen-bond donors (Lipinski definition) is 2. The predicted octanol–water partition coefficient (Wildman–Crippen LogP) is -0.0501. The van der Waals surface area contributed by atoms with Crippen molar-refractivity contribution in [3.8, 4) is 0 Å². The molecule has 3 amide bonds. The lowest BCUT2D eigenvalue weighted by Crippen LogP contribution is -2.42. The first-order valence-electron chi connectivity index (χ1n) is 4.33. The van der Waals surface area contributed by atoms with Gasteiger partial charge in [-0.15, -0.1) is 0 Å². The average molecular weight is 199 g/mol. The second-order valence-electron chi connectivity index (χ2n) is 3.29. The van der Waals surface area contributed by atoms with Gasteiger partial charge in [0.2, 0.25) is 0 Å². The fraction of sp³-hybridized carbons (Fsp3) is 0.556. The van der Waals surface area contributed by atoms with E-state index >= 15 is 0 Å². The number of amides is 3. The summed E-state index contributed by atoms with van der Waals surface area (Å²) in [6, 6.07) is -0.486. The summed E-state index contributed by atoms with van der Waals surface area (Å²) in [6.07, 6.45) is 0. The van der Waals surface area contributed by atoms with Gasteiger partial charge in [0, 0.05) is 18.7 Å². The molecule has 0 saturated carbocycles. The predicted molar refractivity (Wildman–Crippen MR) is 54.9 cm³/mol. The van der Waals surface area contributed by atoms with Crippen molar-refractivity contribution in [2.75, 3.05) is 27.2 Å². The third-order valence-corrected chi connectivity index (χ3v) is 1.46. The number of carbonyl (C=O) groups excluding carboxylic acids is 2. The summed E-state index contributed by atoms with van der Waals surface area (Å²) >= 11 is 0. The van der Waals surface area contributed by atoms with Gasteiger partial charge in [0.15, 0.2) is 0 Å². The van der Waals surface area contributed by atoms with E-state index in [9.17, 15) is 9.59 Å². The van der Waals surface area contributed by atoms with Gasteiger partial charge in [-0.2, -0.15) is 0 Å². The molecule has 5 heteroatoms. The summed E-state index contributed by atoms with van der Waals surface area (Å²) in [7, 11) is 3.80. The van der Waals surface area contributed by atoms with Crippen LogP contribution in [-0.4, -0.2) is 44.0 Å². The first-order chi connectivity index (χ1) is 6.43. The van der Waals surface area contributed by atoms with Crippen LogP contribution in [0, 0.1) is 0 Å². The highest BCUT2D eigenvalue weighted by atomic mass is 16.2. The Morgan fingerprint density at radius 2 is 1.93 bits per heavy atom. The van der Waals surface area contributed by atoms with Crippen LogP contribution in [0.1, 0.15) is 6.92 Å². The fourth-order valence-corrected chi connectivity index (χ4v) is 0.647. The van der Waals surface area contributed by atoms with Gasteiger partial charge >= 0.3 is 6.03 Å². The molecule has 0 bridgehead atoms. The highest BCUT2D eigenvalue weighted by molar-refractivity contribution is 6.02. The maximum absolute atomic E-state index is 11.0. The van der Waals surface area contributed by atoms with E-state index < -0.39 is 11.9 Å². The number of hydrogen-bond acceptors (Lipinski definition) is 3. The first-order valence-corrected chi connectivity index (χ1v) is 4.33. The van der Waals surface area contributed by atoms with Gasteiger partial charge in [0.25, 0.3) is 5.91 Å². The minimum Gasteiger partial charge on any atom is -0.337 e. The van der Waals surface area contributed by atoms with E-state index in [1.165, 1.54) is 0 Å². The lowest BCUT2D eigenvalue weighted by atomic mass is 10.3. The standard InChI is InChI=1S/C9H17N3O2/c1-7(2)8(13)11-9(14)10-5-6-12(3)4/h1,5-6H2,2-4H3,(H2,10,11,13,14). The molecule has 0 unspecified atom stereocenters. The van der Waals surface area contributed by atoms with Gasteiger partial charge in [0.05, 0.1) is 0 Å². The topological polar surface area (TPSA) is 61.4 Å². The monoisotopic (exact) mass is 199 g/mol. The molecule has 0 aliphatic carbocycles. The highest BCUT2D eigenvalue weighted by Crippen LogP contribution is 1.84. The van der Waals surface area contributed by atoms with Crippen LogP contribution in [0.25, 0.3) is 0 Å². The lowest BCUT2D eigenvalue weighted by molar-refractivity contribution is -0.116. The van der Waals surface area contributed by atoms with Crippen LogP contribution in [0.2, 0.25) is 0 Å². The second-order valence-corrected chi connectivity index (χ2v) is 3.29. The van der Waals surface area contributed by atoms with E-state index in [0.29, 0.717) is 12.1 Å². The van der Waals surface area contributed by atoms with E-state index in [1.807, 2.05) is 19.0 Å². The summed E-state index contributed by atoms with van der Waals surface area (Å²) in [5.74, 6) is -0.452. The normalized spacial score (nSPS) is 9.71. The molecule has 0 aliphatic rings. The van der Waals surface area contributed by atoms with Crippen molar-refractivity contribution >= 4 is 11.9 Å². The number of imide groups is 1. The van der Waals surface area contributed by atoms with Crippen LogP contribution in [-0.2, 0) is 4.79 Å². The Morgan fingerprint density at radius 3 is 2.36 bits per heavy atom. The minimum absolute atomic E-state index is 0.313. The van der Waals surface area contributed by atoms with Crippen molar-refractivity contribution in [2.24, 2.45) is 0 Å². The molecule has 0 aromatic rings. The maximum Gasteiger partial charge on any atom is 0.321 e. The number of nitrogens with zero attached hydrogens (tertiary/aromatic N) is 1. The van der Waals surface area contributed by atoms with E-state index in [1.54, 1.807) is 6.92 Å². The Labute approximate surface area is 84.2 Å². The van der Waals surface area contributed by atoms with E-state index in [4.69, 9.17) is 0 Å². The van der Waals surface area contributed by atoms with Crippen LogP contribution >= 0.6 is 0 Å². The summed E-state index contributed by atoms with van der Waals surface area (Å²) in [5.41, 5.74) is 0.313. The number of urea groups is 1. The molecule has 14 heavy (non-hydrogen) atoms. The molecule has 0 aromatic carbocycles. The summed E-state index contributed by atoms with van der Waals surface area (Å²) < 4.78 is 0. The van der Waals surface area contributed by atoms with Crippen molar-refractivity contribution in [1.29, 1.82) is 0 Å². The van der Waals surface area contributed by atoms with E-state index in [0.717, 1.165) is 6.54 Å². The van der Waals surface area contributed by atoms with Crippen molar-refractivity contribution in [2.45, 2.75) is 6.92 Å². The molecular weight excluding hydrogens is 182 g/mol. The van der Waals surface area contributed by atoms with Crippen molar-refractivity contribution < 1.29 is 9.59 Å². The molecule has 0 atom stereocenters. The first kappa shape index (κ1) is 12.6. The largest absolute Gasteiger partial charge is 0.337 e. The van der Waals surface area contributed by atoms with Crippen LogP contribution in [0.3, 0.4) is 0 Å². The molecule has 80 valence electrons. The number of nitrogens with one attached hydrogen (secondary N) is 2. The molecule has 0 rings (SSSR count). The van der Waals surface area contributed by atoms with Crippen LogP contribution in [0.5, 0.6) is 0 Å². The zero-order valence-electron chi connectivity index (χ0n) is 8.89. The Morgan fingerprint density at radius 1 is 1.36 bits per heavy atom. The molecule has 0 saturated heterocycles. The number of rotatable bonds is 4. The summed E-state index contributed by atoms with van der Waals surface area (Å²) in [4.78, 5) is 23.9. The van der Waals surface area contributed by atoms with Crippen molar-refractivity contribution in [3.05, 3.63) is 12.2 Å². The third kappa shape index (κ3) is 6.19. The number of carbonyl (C=O) groups is 2. The molecule has 5 nitrogen and oxygen atoms in total. The zero-order valence-corrected chi connectivity index (χ0v) is 8.89. The van der Waals surface area contributed by atoms with Gasteiger partial charge in [0.1, 0.15) is 0 Å². The maximum atomic E-state index is 11.0. The highest BCUT2D eigenvalue weighted by Gasteiger charge is 2.06. The molecule has 0 spiro atoms. The quantitative estimate of drug-likeness (QED) is 0.624. The molecule has 0 heterocycles. The van der Waals surface area contributed by atoms with Crippen molar-refractivity contribution in [1.82, 2.24) is 15.5 Å². The van der Waals surface area contributed by atoms with Gasteiger partial charge < -0.3 is 10.2 Å².